The summed E-state index contributed by atoms with van der Waals surface area (Å²) in [6, 6.07) is 11.7. The molecule has 0 saturated carbocycles. The fraction of sp³-hybridized carbons (Fsp3) is 0.407. The molecule has 0 aliphatic rings. The first-order valence-corrected chi connectivity index (χ1v) is 12.3. The molecule has 13 heteroatoms. The Bertz CT molecular complexity index is 1190. The molecule has 0 radical (unpaired) electrons. The minimum atomic E-state index is -4.83. The molecule has 218 valence electrons. The maximum absolute atomic E-state index is 12.8. The Morgan fingerprint density at radius 3 is 2.38 bits per heavy atom. The summed E-state index contributed by atoms with van der Waals surface area (Å²) in [4.78, 5) is 48.1. The molecule has 0 bridgehead atoms. The van der Waals surface area contributed by atoms with Crippen LogP contribution in [0.5, 0.6) is 5.75 Å². The summed E-state index contributed by atoms with van der Waals surface area (Å²) < 4.78 is 48.4. The lowest BCUT2D eigenvalue weighted by Gasteiger charge is -2.24. The Balaban J connectivity index is 2.02. The minimum Gasteiger partial charge on any atom is -0.483 e. The molecule has 0 heterocycles. The quantitative estimate of drug-likeness (QED) is 0.265. The van der Waals surface area contributed by atoms with E-state index in [1.807, 2.05) is 13.8 Å². The number of rotatable bonds is 12. The van der Waals surface area contributed by atoms with Crippen LogP contribution in [0.25, 0.3) is 0 Å². The van der Waals surface area contributed by atoms with E-state index in [1.165, 1.54) is 13.2 Å². The van der Waals surface area contributed by atoms with Crippen LogP contribution in [0.15, 0.2) is 48.5 Å². The molecule has 0 aliphatic carbocycles. The molecule has 1 atom stereocenters. The Hall–Kier alpha value is -4.29. The first-order valence-electron chi connectivity index (χ1n) is 12.3. The lowest BCUT2D eigenvalue weighted by molar-refractivity contribution is -0.234. The van der Waals surface area contributed by atoms with Crippen LogP contribution in [0.2, 0.25) is 0 Å². The molecule has 10 nitrogen and oxygen atoms in total. The zero-order valence-electron chi connectivity index (χ0n) is 22.6. The molecule has 0 spiro atoms. The van der Waals surface area contributed by atoms with E-state index < -0.39 is 42.8 Å². The largest absolute Gasteiger partial charge is 0.486 e. The highest BCUT2D eigenvalue weighted by molar-refractivity contribution is 5.92. The number of nitrogens with zero attached hydrogens (tertiary/aromatic N) is 1. The number of anilines is 1. The monoisotopic (exact) mass is 566 g/mol. The van der Waals surface area contributed by atoms with Crippen molar-refractivity contribution in [1.29, 1.82) is 0 Å². The molecule has 2 rings (SSSR count). The summed E-state index contributed by atoms with van der Waals surface area (Å²) in [5.41, 5.74) is 1.51. The molecule has 40 heavy (non-hydrogen) atoms. The van der Waals surface area contributed by atoms with Gasteiger partial charge in [-0.05, 0) is 36.1 Å². The van der Waals surface area contributed by atoms with E-state index in [0.717, 1.165) is 0 Å². The first-order chi connectivity index (χ1) is 18.8. The van der Waals surface area contributed by atoms with Gasteiger partial charge in [0.2, 0.25) is 5.91 Å². The molecule has 1 unspecified atom stereocenters. The number of amides is 4. The maximum Gasteiger partial charge on any atom is 0.486 e. The molecule has 3 N–H and O–H groups in total. The van der Waals surface area contributed by atoms with Gasteiger partial charge in [-0.1, -0.05) is 44.2 Å². The van der Waals surface area contributed by atoms with Crippen molar-refractivity contribution in [3.8, 4) is 5.75 Å². The first kappa shape index (κ1) is 31.9. The Morgan fingerprint density at radius 1 is 1.02 bits per heavy atom. The van der Waals surface area contributed by atoms with E-state index in [1.54, 1.807) is 42.5 Å². The number of halogens is 3. The Morgan fingerprint density at radius 2 is 1.73 bits per heavy atom. The molecule has 4 amide bonds. The number of nitrogens with one attached hydrogen (secondary N) is 3. The SMILES string of the molecule is COC(=O)Cc1cccc(NC(=O)NCC(=O)NC(CC(C)C)c2ccccc2OCC(=O)N(C)C(F)(F)F)c1. The third-order valence-electron chi connectivity index (χ3n) is 5.61. The van der Waals surface area contributed by atoms with Gasteiger partial charge in [0.15, 0.2) is 6.61 Å². The molecule has 2 aromatic carbocycles. The number of hydrogen-bond acceptors (Lipinski definition) is 6. The van der Waals surface area contributed by atoms with Crippen LogP contribution in [-0.2, 0) is 25.5 Å². The van der Waals surface area contributed by atoms with Gasteiger partial charge in [-0.15, -0.1) is 13.2 Å². The average molecular weight is 567 g/mol. The van der Waals surface area contributed by atoms with E-state index >= 15 is 0 Å². The van der Waals surface area contributed by atoms with Gasteiger partial charge in [0.25, 0.3) is 5.91 Å². The van der Waals surface area contributed by atoms with Crippen molar-refractivity contribution in [3.63, 3.8) is 0 Å². The van der Waals surface area contributed by atoms with E-state index in [4.69, 9.17) is 4.74 Å². The van der Waals surface area contributed by atoms with E-state index in [9.17, 15) is 32.3 Å². The van der Waals surface area contributed by atoms with E-state index in [0.29, 0.717) is 30.3 Å². The molecular weight excluding hydrogens is 533 g/mol. The van der Waals surface area contributed by atoms with Gasteiger partial charge in [-0.2, -0.15) is 0 Å². The normalized spacial score (nSPS) is 11.8. The number of para-hydroxylation sites is 1. The van der Waals surface area contributed by atoms with Crippen molar-refractivity contribution in [3.05, 3.63) is 59.7 Å². The standard InChI is InChI=1S/C27H33F3N4O6/c1-17(2)12-21(20-10-5-6-11-22(20)40-16-24(36)34(3)27(28,29)30)33-23(35)15-31-26(38)32-19-9-7-8-18(13-19)14-25(37)39-4/h5-11,13,17,21H,12,14-16H2,1-4H3,(H,33,35)(H2,31,32,38). The summed E-state index contributed by atoms with van der Waals surface area (Å²) in [5, 5.41) is 7.84. The molecule has 0 aliphatic heterocycles. The molecular formula is C27H33F3N4O6. The topological polar surface area (TPSA) is 126 Å². The summed E-state index contributed by atoms with van der Waals surface area (Å²) in [6.07, 6.45) is -4.35. The minimum absolute atomic E-state index is 0.0334. The number of benzene rings is 2. The van der Waals surface area contributed by atoms with Gasteiger partial charge in [-0.3, -0.25) is 19.3 Å². The van der Waals surface area contributed by atoms with Gasteiger partial charge in [-0.25, -0.2) is 4.79 Å². The smallest absolute Gasteiger partial charge is 0.483 e. The third kappa shape index (κ3) is 10.5. The second-order valence-electron chi connectivity index (χ2n) is 9.26. The van der Waals surface area contributed by atoms with E-state index in [2.05, 4.69) is 20.7 Å². The number of hydrogen-bond donors (Lipinski definition) is 3. The zero-order chi connectivity index (χ0) is 29.9. The predicted molar refractivity (Wildman–Crippen MR) is 140 cm³/mol. The second-order valence-corrected chi connectivity index (χ2v) is 9.26. The van der Waals surface area contributed by atoms with Crippen LogP contribution in [0.3, 0.4) is 0 Å². The van der Waals surface area contributed by atoms with Crippen LogP contribution < -0.4 is 20.7 Å². The van der Waals surface area contributed by atoms with Crippen LogP contribution in [0, 0.1) is 5.92 Å². The van der Waals surface area contributed by atoms with Crippen molar-refractivity contribution in [2.75, 3.05) is 32.6 Å². The van der Waals surface area contributed by atoms with Crippen LogP contribution in [0.1, 0.15) is 37.4 Å². The van der Waals surface area contributed by atoms with Gasteiger partial charge in [0.1, 0.15) is 5.75 Å². The second kappa shape index (κ2) is 14.8. The van der Waals surface area contributed by atoms with Crippen LogP contribution in [0.4, 0.5) is 23.7 Å². The van der Waals surface area contributed by atoms with Crippen LogP contribution >= 0.6 is 0 Å². The number of urea groups is 1. The molecule has 0 saturated heterocycles. The maximum atomic E-state index is 12.8. The van der Waals surface area contributed by atoms with Gasteiger partial charge in [0.05, 0.1) is 26.1 Å². The third-order valence-corrected chi connectivity index (χ3v) is 5.61. The number of alkyl halides is 3. The number of methoxy groups -OCH3 is 1. The number of carbonyl (C=O) groups excluding carboxylic acids is 4. The Kier molecular flexibility index (Phi) is 11.8. The molecule has 0 fully saturated rings. The van der Waals surface area contributed by atoms with Crippen molar-refractivity contribution in [2.24, 2.45) is 5.92 Å². The number of esters is 1. The zero-order valence-corrected chi connectivity index (χ0v) is 22.6. The van der Waals surface area contributed by atoms with Gasteiger partial charge < -0.3 is 25.4 Å². The summed E-state index contributed by atoms with van der Waals surface area (Å²) in [6.45, 7) is 2.62. The van der Waals surface area contributed by atoms with E-state index in [-0.39, 0.29) is 29.5 Å². The van der Waals surface area contributed by atoms with Crippen LogP contribution in [-0.4, -0.2) is 62.3 Å². The highest BCUT2D eigenvalue weighted by atomic mass is 19.4. The summed E-state index contributed by atoms with van der Waals surface area (Å²) in [7, 11) is 1.89. The molecule has 2 aromatic rings. The van der Waals surface area contributed by atoms with Crippen molar-refractivity contribution in [2.45, 2.75) is 39.0 Å². The Labute approximate surface area is 230 Å². The highest BCUT2D eigenvalue weighted by Gasteiger charge is 2.38. The predicted octanol–water partition coefficient (Wildman–Crippen LogP) is 3.78. The highest BCUT2D eigenvalue weighted by Crippen LogP contribution is 2.30. The molecule has 0 aromatic heterocycles. The van der Waals surface area contributed by atoms with Crippen molar-refractivity contribution >= 4 is 29.5 Å². The summed E-state index contributed by atoms with van der Waals surface area (Å²) in [5.74, 6) is -1.98. The number of likely N-dealkylation sites (N-methyl/N-ethyl adjacent to an activating group) is 1. The lowest BCUT2D eigenvalue weighted by atomic mass is 9.96. The average Bonchev–Trinajstić information content (AvgIpc) is 2.89. The van der Waals surface area contributed by atoms with Gasteiger partial charge in [0, 0.05) is 18.3 Å². The van der Waals surface area contributed by atoms with Crippen molar-refractivity contribution < 1.29 is 41.8 Å². The van der Waals surface area contributed by atoms with Crippen molar-refractivity contribution in [1.82, 2.24) is 15.5 Å². The number of ether oxygens (including phenoxy) is 2. The number of carbonyl (C=O) groups is 4. The fourth-order valence-corrected chi connectivity index (χ4v) is 3.59. The summed E-state index contributed by atoms with van der Waals surface area (Å²) >= 11 is 0. The fourth-order valence-electron chi connectivity index (χ4n) is 3.59. The van der Waals surface area contributed by atoms with Gasteiger partial charge >= 0.3 is 18.3 Å². The lowest BCUT2D eigenvalue weighted by Crippen LogP contribution is -2.42.